The molecule has 0 radical (unpaired) electrons. The molecular formula is C22H18N6O2. The number of rotatable bonds is 5. The van der Waals surface area contributed by atoms with E-state index in [0.717, 1.165) is 27.7 Å². The number of amides is 1. The first-order valence-corrected chi connectivity index (χ1v) is 9.32. The van der Waals surface area contributed by atoms with E-state index >= 15 is 0 Å². The molecule has 3 heterocycles. The minimum absolute atomic E-state index is 0.178. The Labute approximate surface area is 171 Å². The van der Waals surface area contributed by atoms with Gasteiger partial charge in [-0.1, -0.05) is 18.2 Å². The van der Waals surface area contributed by atoms with Crippen LogP contribution in [-0.4, -0.2) is 31.7 Å². The van der Waals surface area contributed by atoms with Crippen LogP contribution in [0.15, 0.2) is 73.2 Å². The molecule has 5 rings (SSSR count). The Morgan fingerprint density at radius 2 is 1.97 bits per heavy atom. The number of nitrogens with zero attached hydrogens (tertiary/aromatic N) is 4. The Hall–Kier alpha value is -4.33. The van der Waals surface area contributed by atoms with E-state index in [1.54, 1.807) is 23.0 Å². The van der Waals surface area contributed by atoms with Gasteiger partial charge in [0.2, 0.25) is 0 Å². The molecule has 0 unspecified atom stereocenters. The summed E-state index contributed by atoms with van der Waals surface area (Å²) in [4.78, 5) is 15.5. The van der Waals surface area contributed by atoms with E-state index in [0.29, 0.717) is 17.2 Å². The van der Waals surface area contributed by atoms with Crippen molar-refractivity contribution in [2.24, 2.45) is 5.73 Å². The lowest BCUT2D eigenvalue weighted by Gasteiger charge is -2.13. The summed E-state index contributed by atoms with van der Waals surface area (Å²) in [6.45, 7) is -0.178. The predicted molar refractivity (Wildman–Crippen MR) is 114 cm³/mol. The Morgan fingerprint density at radius 1 is 1.10 bits per heavy atom. The topological polar surface area (TPSA) is 113 Å². The van der Waals surface area contributed by atoms with Crippen LogP contribution in [0.4, 0.5) is 5.82 Å². The van der Waals surface area contributed by atoms with Crippen molar-refractivity contribution < 1.29 is 9.53 Å². The zero-order valence-electron chi connectivity index (χ0n) is 15.9. The van der Waals surface area contributed by atoms with E-state index in [-0.39, 0.29) is 6.61 Å². The molecule has 30 heavy (non-hydrogen) atoms. The number of ether oxygens (including phenoxy) is 1. The summed E-state index contributed by atoms with van der Waals surface area (Å²) in [6, 6.07) is 17.4. The highest BCUT2D eigenvalue weighted by Gasteiger charge is 2.13. The number of carbonyl (C=O) groups excluding carboxylic acids is 1. The van der Waals surface area contributed by atoms with Crippen LogP contribution in [0.1, 0.15) is 0 Å². The molecule has 0 fully saturated rings. The molecular weight excluding hydrogens is 380 g/mol. The highest BCUT2D eigenvalue weighted by Crippen LogP contribution is 2.32. The van der Waals surface area contributed by atoms with Crippen LogP contribution >= 0.6 is 0 Å². The number of hydrogen-bond acceptors (Lipinski definition) is 5. The third-order valence-corrected chi connectivity index (χ3v) is 4.95. The lowest BCUT2D eigenvalue weighted by atomic mass is 10.1. The predicted octanol–water partition coefficient (Wildman–Crippen LogP) is 2.79. The second kappa shape index (κ2) is 6.93. The maximum absolute atomic E-state index is 11.1. The number of para-hydroxylation sites is 2. The molecule has 1 amide bonds. The van der Waals surface area contributed by atoms with Gasteiger partial charge in [-0.3, -0.25) is 4.79 Å². The van der Waals surface area contributed by atoms with Gasteiger partial charge in [-0.2, -0.15) is 9.61 Å². The van der Waals surface area contributed by atoms with Crippen molar-refractivity contribution >= 4 is 28.3 Å². The highest BCUT2D eigenvalue weighted by molar-refractivity contribution is 5.89. The molecule has 2 aromatic carbocycles. The van der Waals surface area contributed by atoms with E-state index in [4.69, 9.17) is 16.2 Å². The summed E-state index contributed by atoms with van der Waals surface area (Å²) in [5.74, 6) is 0.594. The zero-order chi connectivity index (χ0) is 20.7. The molecule has 5 aromatic rings. The molecule has 0 aliphatic rings. The van der Waals surface area contributed by atoms with Gasteiger partial charge < -0.3 is 20.8 Å². The number of nitrogens with two attached hydrogens (primary N) is 2. The Morgan fingerprint density at radius 3 is 2.83 bits per heavy atom. The average Bonchev–Trinajstić information content (AvgIpc) is 3.39. The molecule has 148 valence electrons. The number of benzene rings is 2. The number of aromatic nitrogens is 4. The molecule has 0 atom stereocenters. The molecule has 4 N–H and O–H groups in total. The third-order valence-electron chi connectivity index (χ3n) is 4.95. The number of fused-ring (bicyclic) bond motifs is 2. The normalized spacial score (nSPS) is 11.2. The fourth-order valence-electron chi connectivity index (χ4n) is 3.56. The maximum Gasteiger partial charge on any atom is 0.255 e. The quantitative estimate of drug-likeness (QED) is 0.473. The van der Waals surface area contributed by atoms with Crippen LogP contribution < -0.4 is 16.2 Å². The SMILES string of the molecule is NC(=O)COc1ccccc1-n1ccc2cc(-c3cnc4ccnn4c3N)ccc21. The maximum atomic E-state index is 11.1. The molecule has 8 nitrogen and oxygen atoms in total. The molecule has 0 spiro atoms. The van der Waals surface area contributed by atoms with Gasteiger partial charge in [0, 0.05) is 29.4 Å². The van der Waals surface area contributed by atoms with Crippen molar-refractivity contribution in [3.63, 3.8) is 0 Å². The first-order valence-electron chi connectivity index (χ1n) is 9.32. The number of carbonyl (C=O) groups is 1. The molecule has 3 aromatic heterocycles. The van der Waals surface area contributed by atoms with Gasteiger partial charge in [0.05, 0.1) is 17.4 Å². The van der Waals surface area contributed by atoms with Crippen LogP contribution in [0.2, 0.25) is 0 Å². The van der Waals surface area contributed by atoms with Gasteiger partial charge in [-0.25, -0.2) is 4.98 Å². The van der Waals surface area contributed by atoms with Crippen LogP contribution in [-0.2, 0) is 4.79 Å². The minimum Gasteiger partial charge on any atom is -0.482 e. The molecule has 0 aliphatic heterocycles. The lowest BCUT2D eigenvalue weighted by Crippen LogP contribution is -2.20. The lowest BCUT2D eigenvalue weighted by molar-refractivity contribution is -0.119. The van der Waals surface area contributed by atoms with Crippen molar-refractivity contribution in [2.75, 3.05) is 12.3 Å². The second-order valence-corrected chi connectivity index (χ2v) is 6.84. The van der Waals surface area contributed by atoms with Crippen LogP contribution in [0.3, 0.4) is 0 Å². The standard InChI is InChI=1S/C22H18N6O2/c23-20(29)13-30-19-4-2-1-3-18(19)27-10-8-15-11-14(5-6-17(15)27)16-12-25-21-7-9-26-28(21)22(16)24/h1-12H,13,24H2,(H2,23,29). The summed E-state index contributed by atoms with van der Waals surface area (Å²) in [5, 5.41) is 5.25. The fraction of sp³-hybridized carbons (Fsp3) is 0.0455. The van der Waals surface area contributed by atoms with Crippen LogP contribution in [0.5, 0.6) is 5.75 Å². The first-order chi connectivity index (χ1) is 14.6. The summed E-state index contributed by atoms with van der Waals surface area (Å²) < 4.78 is 9.21. The molecule has 8 heteroatoms. The number of primary amides is 1. The van der Waals surface area contributed by atoms with Gasteiger partial charge in [0.25, 0.3) is 5.91 Å². The smallest absolute Gasteiger partial charge is 0.255 e. The summed E-state index contributed by atoms with van der Waals surface area (Å²) >= 11 is 0. The van der Waals surface area contributed by atoms with Gasteiger partial charge in [-0.05, 0) is 35.9 Å². The molecule has 0 saturated heterocycles. The zero-order valence-corrected chi connectivity index (χ0v) is 15.9. The molecule has 0 saturated carbocycles. The van der Waals surface area contributed by atoms with Crippen molar-refractivity contribution in [1.29, 1.82) is 0 Å². The van der Waals surface area contributed by atoms with Gasteiger partial charge >= 0.3 is 0 Å². The summed E-state index contributed by atoms with van der Waals surface area (Å²) in [7, 11) is 0. The van der Waals surface area contributed by atoms with Gasteiger partial charge in [0.15, 0.2) is 12.3 Å². The van der Waals surface area contributed by atoms with Crippen molar-refractivity contribution in [3.05, 3.63) is 73.2 Å². The monoisotopic (exact) mass is 398 g/mol. The van der Waals surface area contributed by atoms with Crippen LogP contribution in [0, 0.1) is 0 Å². The summed E-state index contributed by atoms with van der Waals surface area (Å²) in [6.07, 6.45) is 5.39. The first kappa shape index (κ1) is 17.7. The largest absolute Gasteiger partial charge is 0.482 e. The van der Waals surface area contributed by atoms with Crippen LogP contribution in [0.25, 0.3) is 33.4 Å². The van der Waals surface area contributed by atoms with Gasteiger partial charge in [-0.15, -0.1) is 0 Å². The molecule has 0 bridgehead atoms. The average molecular weight is 398 g/mol. The second-order valence-electron chi connectivity index (χ2n) is 6.84. The summed E-state index contributed by atoms with van der Waals surface area (Å²) in [5.41, 5.74) is 15.8. The van der Waals surface area contributed by atoms with E-state index in [1.165, 1.54) is 0 Å². The Kier molecular flexibility index (Phi) is 4.10. The fourth-order valence-corrected chi connectivity index (χ4v) is 3.56. The minimum atomic E-state index is -0.521. The number of hydrogen-bond donors (Lipinski definition) is 2. The van der Waals surface area contributed by atoms with E-state index in [9.17, 15) is 4.79 Å². The van der Waals surface area contributed by atoms with Crippen molar-refractivity contribution in [1.82, 2.24) is 19.2 Å². The number of anilines is 1. The van der Waals surface area contributed by atoms with Crippen molar-refractivity contribution in [2.45, 2.75) is 0 Å². The van der Waals surface area contributed by atoms with Crippen molar-refractivity contribution in [3.8, 4) is 22.6 Å². The number of nitrogen functional groups attached to an aromatic ring is 1. The third kappa shape index (κ3) is 2.91. The Balaban J connectivity index is 1.58. The highest BCUT2D eigenvalue weighted by atomic mass is 16.5. The molecule has 0 aliphatic carbocycles. The van der Waals surface area contributed by atoms with E-state index in [2.05, 4.69) is 16.1 Å². The Bertz CT molecular complexity index is 1400. The van der Waals surface area contributed by atoms with E-state index in [1.807, 2.05) is 53.2 Å². The van der Waals surface area contributed by atoms with Gasteiger partial charge in [0.1, 0.15) is 11.6 Å². The van der Waals surface area contributed by atoms with E-state index < -0.39 is 5.91 Å².